The Morgan fingerprint density at radius 2 is 2.06 bits per heavy atom. The van der Waals surface area contributed by atoms with E-state index in [9.17, 15) is 14.4 Å². The van der Waals surface area contributed by atoms with Crippen LogP contribution in [0.5, 0.6) is 0 Å². The van der Waals surface area contributed by atoms with Crippen LogP contribution < -0.4 is 4.90 Å². The van der Waals surface area contributed by atoms with Gasteiger partial charge >= 0.3 is 0 Å². The minimum Gasteiger partial charge on any atom is -0.362 e. The molecule has 0 unspecified atom stereocenters. The van der Waals surface area contributed by atoms with E-state index in [-0.39, 0.29) is 17.8 Å². The molecule has 1 aliphatic rings. The first-order chi connectivity index (χ1) is 14.7. The molecule has 0 radical (unpaired) electrons. The molecule has 31 heavy (non-hydrogen) atoms. The summed E-state index contributed by atoms with van der Waals surface area (Å²) in [6, 6.07) is 12.3. The van der Waals surface area contributed by atoms with Gasteiger partial charge in [-0.1, -0.05) is 38.4 Å². The number of rotatable bonds is 6. The van der Waals surface area contributed by atoms with Crippen molar-refractivity contribution in [2.45, 2.75) is 53.1 Å². The van der Waals surface area contributed by atoms with Crippen molar-refractivity contribution in [3.63, 3.8) is 0 Å². The van der Waals surface area contributed by atoms with Gasteiger partial charge < -0.3 is 9.80 Å². The molecule has 1 aliphatic heterocycles. The first-order valence-corrected chi connectivity index (χ1v) is 11.0. The largest absolute Gasteiger partial charge is 0.362 e. The summed E-state index contributed by atoms with van der Waals surface area (Å²) < 4.78 is 13.9. The quantitative estimate of drug-likeness (QED) is 0.577. The van der Waals surface area contributed by atoms with Crippen LogP contribution in [0.25, 0.3) is 0 Å². The normalized spacial score (nSPS) is 16.3. The summed E-state index contributed by atoms with van der Waals surface area (Å²) in [5.74, 6) is -0.108. The van der Waals surface area contributed by atoms with E-state index in [0.717, 1.165) is 29.7 Å². The predicted octanol–water partition coefficient (Wildman–Crippen LogP) is 5.70. The van der Waals surface area contributed by atoms with Crippen LogP contribution >= 0.6 is 11.6 Å². The lowest BCUT2D eigenvalue weighted by molar-refractivity contribution is -0.139. The maximum atomic E-state index is 13.9. The maximum Gasteiger partial charge on any atom is 0.228 e. The molecule has 2 aromatic carbocycles. The topological polar surface area (TPSA) is 47.3 Å². The Morgan fingerprint density at radius 1 is 1.32 bits per heavy atom. The van der Waals surface area contributed by atoms with Gasteiger partial charge in [0.05, 0.1) is 10.6 Å². The number of hydrogen-bond donors (Lipinski definition) is 0. The lowest BCUT2D eigenvalue weighted by Crippen LogP contribution is -2.42. The first-order valence-electron chi connectivity index (χ1n) is 10.7. The van der Waals surface area contributed by atoms with E-state index in [2.05, 4.69) is 11.0 Å². The molecule has 0 bridgehead atoms. The molecule has 164 valence electrons. The number of nitrogens with zero attached hydrogens (tertiary/aromatic N) is 3. The molecule has 4 nitrogen and oxygen atoms in total. The van der Waals surface area contributed by atoms with Gasteiger partial charge in [-0.2, -0.15) is 5.26 Å². The summed E-state index contributed by atoms with van der Waals surface area (Å²) >= 11 is 6.32. The lowest BCUT2D eigenvalue weighted by atomic mass is 9.88. The Balaban J connectivity index is 1.93. The number of halogens is 2. The number of nitriles is 1. The fourth-order valence-corrected chi connectivity index (χ4v) is 4.18. The van der Waals surface area contributed by atoms with Crippen LogP contribution in [0.3, 0.4) is 0 Å². The summed E-state index contributed by atoms with van der Waals surface area (Å²) in [4.78, 5) is 17.1. The zero-order chi connectivity index (χ0) is 22.8. The SMILES string of the molecule is CCC(C)(C)C(=O)N1CC[C@H](N(Cc2cc(F)ccc2C)c2ccc(C#N)c(Cl)c2)C1. The van der Waals surface area contributed by atoms with E-state index in [1.54, 1.807) is 24.3 Å². The highest BCUT2D eigenvalue weighted by molar-refractivity contribution is 6.32. The van der Waals surface area contributed by atoms with Crippen LogP contribution in [-0.4, -0.2) is 29.9 Å². The molecular weight excluding hydrogens is 413 g/mol. The smallest absolute Gasteiger partial charge is 0.228 e. The lowest BCUT2D eigenvalue weighted by Gasteiger charge is -2.33. The molecule has 0 saturated carbocycles. The van der Waals surface area contributed by atoms with E-state index in [1.807, 2.05) is 38.7 Å². The van der Waals surface area contributed by atoms with Crippen LogP contribution in [0.15, 0.2) is 36.4 Å². The Morgan fingerprint density at radius 3 is 2.71 bits per heavy atom. The Kier molecular flexibility index (Phi) is 6.91. The molecular formula is C25H29ClFN3O. The second-order valence-electron chi connectivity index (χ2n) is 8.91. The van der Waals surface area contributed by atoms with E-state index < -0.39 is 5.41 Å². The fraction of sp³-hybridized carbons (Fsp3) is 0.440. The van der Waals surface area contributed by atoms with Crippen LogP contribution in [0, 0.1) is 29.5 Å². The number of hydrogen-bond acceptors (Lipinski definition) is 3. The van der Waals surface area contributed by atoms with Gasteiger partial charge in [0.1, 0.15) is 11.9 Å². The van der Waals surface area contributed by atoms with E-state index in [1.165, 1.54) is 6.07 Å². The molecule has 1 fully saturated rings. The van der Waals surface area contributed by atoms with Gasteiger partial charge in [-0.15, -0.1) is 0 Å². The highest BCUT2D eigenvalue weighted by atomic mass is 35.5. The van der Waals surface area contributed by atoms with Gasteiger partial charge in [-0.05, 0) is 61.2 Å². The van der Waals surface area contributed by atoms with Gasteiger partial charge in [-0.3, -0.25) is 4.79 Å². The third kappa shape index (κ3) is 5.02. The number of carbonyl (C=O) groups is 1. The van der Waals surface area contributed by atoms with Crippen molar-refractivity contribution in [2.75, 3.05) is 18.0 Å². The molecule has 0 N–H and O–H groups in total. The van der Waals surface area contributed by atoms with Crippen molar-refractivity contribution >= 4 is 23.2 Å². The summed E-state index contributed by atoms with van der Waals surface area (Å²) in [5.41, 5.74) is 2.78. The van der Waals surface area contributed by atoms with Crippen LogP contribution in [-0.2, 0) is 11.3 Å². The molecule has 1 saturated heterocycles. The number of likely N-dealkylation sites (tertiary alicyclic amines) is 1. The van der Waals surface area contributed by atoms with Crippen molar-refractivity contribution in [3.8, 4) is 6.07 Å². The fourth-order valence-electron chi connectivity index (χ4n) is 3.96. The Hall–Kier alpha value is -2.58. The maximum absolute atomic E-state index is 13.9. The predicted molar refractivity (Wildman–Crippen MR) is 123 cm³/mol. The molecule has 2 aromatic rings. The Labute approximate surface area is 189 Å². The average Bonchev–Trinajstić information content (AvgIpc) is 3.23. The average molecular weight is 442 g/mol. The number of benzene rings is 2. The number of aryl methyl sites for hydroxylation is 1. The monoisotopic (exact) mass is 441 g/mol. The molecule has 6 heteroatoms. The number of anilines is 1. The highest BCUT2D eigenvalue weighted by Crippen LogP contribution is 2.32. The molecule has 3 rings (SSSR count). The van der Waals surface area contributed by atoms with Gasteiger partial charge in [-0.25, -0.2) is 4.39 Å². The third-order valence-electron chi connectivity index (χ3n) is 6.41. The van der Waals surface area contributed by atoms with Gasteiger partial charge in [0.15, 0.2) is 0 Å². The summed E-state index contributed by atoms with van der Waals surface area (Å²) in [7, 11) is 0. The van der Waals surface area contributed by atoms with Crippen molar-refractivity contribution < 1.29 is 9.18 Å². The molecule has 0 aromatic heterocycles. The summed E-state index contributed by atoms with van der Waals surface area (Å²) in [6.45, 7) is 9.75. The van der Waals surface area contributed by atoms with Gasteiger partial charge in [0.25, 0.3) is 0 Å². The van der Waals surface area contributed by atoms with Crippen molar-refractivity contribution in [1.82, 2.24) is 4.90 Å². The van der Waals surface area contributed by atoms with Gasteiger partial charge in [0.2, 0.25) is 5.91 Å². The summed E-state index contributed by atoms with van der Waals surface area (Å²) in [5, 5.41) is 9.61. The van der Waals surface area contributed by atoms with Crippen LogP contribution in [0.4, 0.5) is 10.1 Å². The minimum atomic E-state index is -0.392. The van der Waals surface area contributed by atoms with Crippen molar-refractivity contribution in [2.24, 2.45) is 5.41 Å². The molecule has 0 aliphatic carbocycles. The molecule has 1 amide bonds. The van der Waals surface area contributed by atoms with Crippen molar-refractivity contribution in [1.29, 1.82) is 5.26 Å². The number of amides is 1. The summed E-state index contributed by atoms with van der Waals surface area (Å²) in [6.07, 6.45) is 1.60. The van der Waals surface area contributed by atoms with E-state index >= 15 is 0 Å². The molecule has 0 spiro atoms. The van der Waals surface area contributed by atoms with Gasteiger partial charge in [0, 0.05) is 36.8 Å². The zero-order valence-electron chi connectivity index (χ0n) is 18.6. The molecule has 1 atom stereocenters. The Bertz CT molecular complexity index is 1010. The third-order valence-corrected chi connectivity index (χ3v) is 6.72. The minimum absolute atomic E-state index is 0.0725. The standard InChI is InChI=1S/C25H29ClFN3O/c1-5-25(3,4)24(31)29-11-10-22(16-29)30(15-19-12-20(27)8-6-17(19)2)21-9-7-18(14-28)23(26)13-21/h6-9,12-13,22H,5,10-11,15-16H2,1-4H3/t22-/m0/s1. The highest BCUT2D eigenvalue weighted by Gasteiger charge is 2.36. The first kappa shape index (κ1) is 23.1. The van der Waals surface area contributed by atoms with Crippen molar-refractivity contribution in [3.05, 3.63) is 63.9 Å². The second kappa shape index (κ2) is 9.28. The second-order valence-corrected chi connectivity index (χ2v) is 9.31. The van der Waals surface area contributed by atoms with Crippen LogP contribution in [0.2, 0.25) is 5.02 Å². The van der Waals surface area contributed by atoms with Crippen LogP contribution in [0.1, 0.15) is 50.3 Å². The van der Waals surface area contributed by atoms with E-state index in [4.69, 9.17) is 11.6 Å². The van der Waals surface area contributed by atoms with E-state index in [0.29, 0.717) is 30.2 Å². The molecule has 1 heterocycles. The number of carbonyl (C=O) groups excluding carboxylic acids is 1. The zero-order valence-corrected chi connectivity index (χ0v) is 19.3.